The minimum absolute atomic E-state index is 0.154. The predicted molar refractivity (Wildman–Crippen MR) is 65.4 cm³/mol. The van der Waals surface area contributed by atoms with Crippen molar-refractivity contribution in [3.8, 4) is 0 Å². The number of rotatable bonds is 5. The monoisotopic (exact) mass is 274 g/mol. The van der Waals surface area contributed by atoms with Crippen molar-refractivity contribution in [1.29, 1.82) is 0 Å². The summed E-state index contributed by atoms with van der Waals surface area (Å²) in [5, 5.41) is 4.46. The number of carbonyl (C=O) groups is 2. The SMILES string of the molecule is C=C(Cl)CNC(=O)c1csc(C(=O)OCC)n1. The Kier molecular flexibility index (Phi) is 5.11. The lowest BCUT2D eigenvalue weighted by Crippen LogP contribution is -2.24. The minimum atomic E-state index is -0.529. The molecule has 0 saturated heterocycles. The van der Waals surface area contributed by atoms with E-state index in [1.807, 2.05) is 0 Å². The van der Waals surface area contributed by atoms with Gasteiger partial charge >= 0.3 is 5.97 Å². The zero-order valence-electron chi connectivity index (χ0n) is 9.16. The normalized spacial score (nSPS) is 9.76. The zero-order chi connectivity index (χ0) is 12.8. The van der Waals surface area contributed by atoms with Crippen molar-refractivity contribution < 1.29 is 14.3 Å². The average Bonchev–Trinajstić information content (AvgIpc) is 2.75. The second-order valence-corrected chi connectivity index (χ2v) is 4.35. The number of nitrogens with one attached hydrogen (secondary N) is 1. The van der Waals surface area contributed by atoms with Crippen LogP contribution in [0.15, 0.2) is 17.0 Å². The minimum Gasteiger partial charge on any atom is -0.461 e. The molecule has 7 heteroatoms. The second kappa shape index (κ2) is 6.36. The largest absolute Gasteiger partial charge is 0.461 e. The van der Waals surface area contributed by atoms with E-state index in [9.17, 15) is 9.59 Å². The molecule has 0 aromatic carbocycles. The van der Waals surface area contributed by atoms with Crippen molar-refractivity contribution >= 4 is 34.8 Å². The van der Waals surface area contributed by atoms with Gasteiger partial charge < -0.3 is 10.1 Å². The summed E-state index contributed by atoms with van der Waals surface area (Å²) in [6, 6.07) is 0. The third-order valence-corrected chi connectivity index (χ3v) is 2.58. The molecule has 5 nitrogen and oxygen atoms in total. The highest BCUT2D eigenvalue weighted by atomic mass is 35.5. The predicted octanol–water partition coefficient (Wildman–Crippen LogP) is 1.80. The lowest BCUT2D eigenvalue weighted by Gasteiger charge is -2.00. The smallest absolute Gasteiger partial charge is 0.367 e. The summed E-state index contributed by atoms with van der Waals surface area (Å²) in [4.78, 5) is 26.7. The van der Waals surface area contributed by atoms with Crippen LogP contribution in [0.3, 0.4) is 0 Å². The number of esters is 1. The third kappa shape index (κ3) is 4.16. The quantitative estimate of drug-likeness (QED) is 0.832. The van der Waals surface area contributed by atoms with Crippen molar-refractivity contribution in [2.45, 2.75) is 6.92 Å². The number of amides is 1. The molecule has 0 radical (unpaired) electrons. The lowest BCUT2D eigenvalue weighted by molar-refractivity contribution is 0.0526. The van der Waals surface area contributed by atoms with Crippen molar-refractivity contribution in [1.82, 2.24) is 10.3 Å². The van der Waals surface area contributed by atoms with Gasteiger partial charge in [0.05, 0.1) is 13.2 Å². The Balaban J connectivity index is 2.64. The van der Waals surface area contributed by atoms with Gasteiger partial charge in [0.1, 0.15) is 5.69 Å². The summed E-state index contributed by atoms with van der Waals surface area (Å²) < 4.78 is 4.76. The van der Waals surface area contributed by atoms with E-state index in [4.69, 9.17) is 16.3 Å². The first-order chi connectivity index (χ1) is 8.04. The van der Waals surface area contributed by atoms with Gasteiger partial charge in [0, 0.05) is 10.4 Å². The van der Waals surface area contributed by atoms with E-state index >= 15 is 0 Å². The molecule has 92 valence electrons. The fourth-order valence-corrected chi connectivity index (χ4v) is 1.69. The Hall–Kier alpha value is -1.40. The van der Waals surface area contributed by atoms with E-state index in [2.05, 4.69) is 16.9 Å². The van der Waals surface area contributed by atoms with Gasteiger partial charge in [-0.25, -0.2) is 9.78 Å². The van der Waals surface area contributed by atoms with Crippen LogP contribution in [0.1, 0.15) is 27.2 Å². The topological polar surface area (TPSA) is 68.3 Å². The van der Waals surface area contributed by atoms with Crippen LogP contribution in [0.25, 0.3) is 0 Å². The summed E-state index contributed by atoms with van der Waals surface area (Å²) in [6.45, 7) is 5.57. The van der Waals surface area contributed by atoms with Gasteiger partial charge in [0.25, 0.3) is 5.91 Å². The van der Waals surface area contributed by atoms with Gasteiger partial charge in [0.2, 0.25) is 5.01 Å². The molecule has 1 aromatic rings. The summed E-state index contributed by atoms with van der Waals surface area (Å²) >= 11 is 6.56. The molecule has 0 fully saturated rings. The van der Waals surface area contributed by atoms with E-state index in [0.717, 1.165) is 11.3 Å². The van der Waals surface area contributed by atoms with Gasteiger partial charge in [-0.2, -0.15) is 0 Å². The van der Waals surface area contributed by atoms with Gasteiger partial charge in [-0.15, -0.1) is 11.3 Å². The fourth-order valence-electron chi connectivity index (χ4n) is 0.931. The first-order valence-electron chi connectivity index (χ1n) is 4.78. The molecule has 0 unspecified atom stereocenters. The summed E-state index contributed by atoms with van der Waals surface area (Å²) in [7, 11) is 0. The maximum Gasteiger partial charge on any atom is 0.367 e. The molecule has 0 aliphatic heterocycles. The standard InChI is InChI=1S/C10H11ClN2O3S/c1-3-16-10(15)9-13-7(5-17-9)8(14)12-4-6(2)11/h5H,2-4H2,1H3,(H,12,14). The van der Waals surface area contributed by atoms with Crippen LogP contribution in [0, 0.1) is 0 Å². The number of thiazole rings is 1. The first kappa shape index (κ1) is 13.7. The molecular weight excluding hydrogens is 264 g/mol. The van der Waals surface area contributed by atoms with Gasteiger partial charge in [-0.1, -0.05) is 18.2 Å². The number of carbonyl (C=O) groups excluding carboxylic acids is 2. The van der Waals surface area contributed by atoms with Crippen LogP contribution in [-0.4, -0.2) is 30.0 Å². The number of ether oxygens (including phenoxy) is 1. The summed E-state index contributed by atoms with van der Waals surface area (Å²) in [5.41, 5.74) is 0.163. The van der Waals surface area contributed by atoms with Crippen LogP contribution < -0.4 is 5.32 Å². The maximum absolute atomic E-state index is 11.5. The molecule has 0 bridgehead atoms. The van der Waals surface area contributed by atoms with Crippen LogP contribution in [0.4, 0.5) is 0 Å². The highest BCUT2D eigenvalue weighted by Gasteiger charge is 2.15. The van der Waals surface area contributed by atoms with E-state index in [-0.39, 0.29) is 23.9 Å². The molecule has 0 aliphatic rings. The van der Waals surface area contributed by atoms with Crippen LogP contribution >= 0.6 is 22.9 Å². The molecule has 0 spiro atoms. The van der Waals surface area contributed by atoms with E-state index in [0.29, 0.717) is 5.03 Å². The molecule has 1 heterocycles. The lowest BCUT2D eigenvalue weighted by atomic mass is 10.4. The Labute approximate surface area is 107 Å². The van der Waals surface area contributed by atoms with Crippen molar-refractivity contribution in [2.24, 2.45) is 0 Å². The molecule has 0 aliphatic carbocycles. The molecule has 0 atom stereocenters. The molecule has 0 saturated carbocycles. The summed E-state index contributed by atoms with van der Waals surface area (Å²) in [5.74, 6) is -0.933. The highest BCUT2D eigenvalue weighted by molar-refractivity contribution is 7.11. The number of hydrogen-bond acceptors (Lipinski definition) is 5. The Morgan fingerprint density at radius 2 is 2.35 bits per heavy atom. The molecule has 1 rings (SSSR count). The molecule has 1 amide bonds. The summed E-state index contributed by atoms with van der Waals surface area (Å²) in [6.07, 6.45) is 0. The molecule has 17 heavy (non-hydrogen) atoms. The van der Waals surface area contributed by atoms with Crippen molar-refractivity contribution in [3.63, 3.8) is 0 Å². The van der Waals surface area contributed by atoms with Crippen molar-refractivity contribution in [2.75, 3.05) is 13.2 Å². The number of halogens is 1. The van der Waals surface area contributed by atoms with Crippen LogP contribution in [-0.2, 0) is 4.74 Å². The molecule has 1 aromatic heterocycles. The Morgan fingerprint density at radius 1 is 1.65 bits per heavy atom. The third-order valence-electron chi connectivity index (χ3n) is 1.63. The van der Waals surface area contributed by atoms with Crippen molar-refractivity contribution in [3.05, 3.63) is 27.7 Å². The highest BCUT2D eigenvalue weighted by Crippen LogP contribution is 2.11. The average molecular weight is 275 g/mol. The second-order valence-electron chi connectivity index (χ2n) is 2.96. The number of aromatic nitrogens is 1. The fraction of sp³-hybridized carbons (Fsp3) is 0.300. The van der Waals surface area contributed by atoms with Crippen LogP contribution in [0.5, 0.6) is 0 Å². The van der Waals surface area contributed by atoms with E-state index in [1.54, 1.807) is 6.92 Å². The van der Waals surface area contributed by atoms with Gasteiger partial charge in [0.15, 0.2) is 0 Å². The Morgan fingerprint density at radius 3 is 2.94 bits per heavy atom. The number of nitrogens with zero attached hydrogens (tertiary/aromatic N) is 1. The maximum atomic E-state index is 11.5. The molecule has 1 N–H and O–H groups in total. The van der Waals surface area contributed by atoms with Gasteiger partial charge in [-0.05, 0) is 6.92 Å². The Bertz CT molecular complexity index is 445. The van der Waals surface area contributed by atoms with Gasteiger partial charge in [-0.3, -0.25) is 4.79 Å². The van der Waals surface area contributed by atoms with Crippen LogP contribution in [0.2, 0.25) is 0 Å². The zero-order valence-corrected chi connectivity index (χ0v) is 10.7. The van der Waals surface area contributed by atoms with E-state index < -0.39 is 11.9 Å². The first-order valence-corrected chi connectivity index (χ1v) is 6.04. The number of hydrogen-bond donors (Lipinski definition) is 1. The van der Waals surface area contributed by atoms with E-state index in [1.165, 1.54) is 5.38 Å². The molecular formula is C10H11ClN2O3S.